The lowest BCUT2D eigenvalue weighted by Crippen LogP contribution is -2.14. The van der Waals surface area contributed by atoms with Gasteiger partial charge in [0.25, 0.3) is 0 Å². The standard InChI is InChI=1S/C21H24N4O2/c1-15-5-3-8-23-18(15)13-22-12-17-14-25(2)24-21(17)16-6-7-19-20(11-16)27-10-4-9-26-19/h3,5-8,11,14,22H,4,9-10,12-13H2,1-2H3. The molecule has 1 N–H and O–H groups in total. The lowest BCUT2D eigenvalue weighted by molar-refractivity contribution is 0.297. The molecule has 6 nitrogen and oxygen atoms in total. The number of pyridine rings is 1. The largest absolute Gasteiger partial charge is 0.490 e. The van der Waals surface area contributed by atoms with Crippen molar-refractivity contribution in [3.63, 3.8) is 0 Å². The van der Waals surface area contributed by atoms with Gasteiger partial charge >= 0.3 is 0 Å². The van der Waals surface area contributed by atoms with Crippen molar-refractivity contribution in [2.45, 2.75) is 26.4 Å². The summed E-state index contributed by atoms with van der Waals surface area (Å²) in [5.74, 6) is 1.59. The van der Waals surface area contributed by atoms with Crippen LogP contribution in [-0.4, -0.2) is 28.0 Å². The summed E-state index contributed by atoms with van der Waals surface area (Å²) in [5.41, 5.74) is 5.39. The second kappa shape index (κ2) is 7.80. The van der Waals surface area contributed by atoms with Crippen molar-refractivity contribution in [2.75, 3.05) is 13.2 Å². The maximum Gasteiger partial charge on any atom is 0.161 e. The Labute approximate surface area is 159 Å². The number of ether oxygens (including phenoxy) is 2. The van der Waals surface area contributed by atoms with E-state index in [1.54, 1.807) is 0 Å². The van der Waals surface area contributed by atoms with Gasteiger partial charge in [-0.15, -0.1) is 0 Å². The van der Waals surface area contributed by atoms with Gasteiger partial charge in [-0.1, -0.05) is 6.07 Å². The number of hydrogen-bond donors (Lipinski definition) is 1. The van der Waals surface area contributed by atoms with Crippen LogP contribution in [0.1, 0.15) is 23.2 Å². The Balaban J connectivity index is 1.53. The molecule has 0 bridgehead atoms. The van der Waals surface area contributed by atoms with E-state index in [0.29, 0.717) is 19.8 Å². The molecule has 0 amide bonds. The van der Waals surface area contributed by atoms with E-state index in [9.17, 15) is 0 Å². The van der Waals surface area contributed by atoms with Gasteiger partial charge in [0.15, 0.2) is 11.5 Å². The molecule has 0 aliphatic carbocycles. The highest BCUT2D eigenvalue weighted by Crippen LogP contribution is 2.34. The lowest BCUT2D eigenvalue weighted by Gasteiger charge is -2.10. The van der Waals surface area contributed by atoms with E-state index in [-0.39, 0.29) is 0 Å². The number of fused-ring (bicyclic) bond motifs is 1. The van der Waals surface area contributed by atoms with Gasteiger partial charge in [-0.2, -0.15) is 5.10 Å². The number of rotatable bonds is 5. The minimum atomic E-state index is 0.677. The molecule has 4 rings (SSSR count). The summed E-state index contributed by atoms with van der Waals surface area (Å²) in [6.07, 6.45) is 4.78. The molecule has 1 aromatic carbocycles. The Morgan fingerprint density at radius 2 is 1.96 bits per heavy atom. The summed E-state index contributed by atoms with van der Waals surface area (Å²) >= 11 is 0. The van der Waals surface area contributed by atoms with Gasteiger partial charge in [0.1, 0.15) is 0 Å². The molecule has 0 saturated heterocycles. The zero-order valence-electron chi connectivity index (χ0n) is 15.7. The second-order valence-corrected chi connectivity index (χ2v) is 6.76. The summed E-state index contributed by atoms with van der Waals surface area (Å²) in [5, 5.41) is 8.14. The minimum absolute atomic E-state index is 0.677. The summed E-state index contributed by atoms with van der Waals surface area (Å²) in [4.78, 5) is 4.44. The molecule has 3 aromatic rings. The molecule has 0 saturated carbocycles. The normalized spacial score (nSPS) is 13.4. The number of hydrogen-bond acceptors (Lipinski definition) is 5. The summed E-state index contributed by atoms with van der Waals surface area (Å²) < 4.78 is 13.4. The third kappa shape index (κ3) is 3.95. The van der Waals surface area contributed by atoms with Crippen LogP contribution in [0.3, 0.4) is 0 Å². The van der Waals surface area contributed by atoms with Crippen LogP contribution in [0.2, 0.25) is 0 Å². The van der Waals surface area contributed by atoms with E-state index in [2.05, 4.69) is 34.6 Å². The van der Waals surface area contributed by atoms with Crippen molar-refractivity contribution < 1.29 is 9.47 Å². The first-order valence-corrected chi connectivity index (χ1v) is 9.24. The molecular weight excluding hydrogens is 340 g/mol. The fourth-order valence-electron chi connectivity index (χ4n) is 3.24. The van der Waals surface area contributed by atoms with E-state index in [0.717, 1.165) is 47.0 Å². The van der Waals surface area contributed by atoms with Crippen molar-refractivity contribution in [1.29, 1.82) is 0 Å². The quantitative estimate of drug-likeness (QED) is 0.753. The highest BCUT2D eigenvalue weighted by Gasteiger charge is 2.15. The molecular formula is C21H24N4O2. The Morgan fingerprint density at radius 3 is 2.81 bits per heavy atom. The van der Waals surface area contributed by atoms with Gasteiger partial charge < -0.3 is 14.8 Å². The number of nitrogens with one attached hydrogen (secondary N) is 1. The smallest absolute Gasteiger partial charge is 0.161 e. The molecule has 0 radical (unpaired) electrons. The van der Waals surface area contributed by atoms with Crippen molar-refractivity contribution in [2.24, 2.45) is 7.05 Å². The number of aromatic nitrogens is 3. The van der Waals surface area contributed by atoms with E-state index < -0.39 is 0 Å². The first kappa shape index (κ1) is 17.5. The average Bonchev–Trinajstić information content (AvgIpc) is 2.89. The van der Waals surface area contributed by atoms with Gasteiger partial charge in [0.2, 0.25) is 0 Å². The average molecular weight is 364 g/mol. The third-order valence-corrected chi connectivity index (χ3v) is 4.65. The Hall–Kier alpha value is -2.86. The second-order valence-electron chi connectivity index (χ2n) is 6.76. The molecule has 3 heterocycles. The number of aryl methyl sites for hydroxylation is 2. The molecule has 0 unspecified atom stereocenters. The molecule has 0 fully saturated rings. The first-order valence-electron chi connectivity index (χ1n) is 9.24. The molecule has 0 atom stereocenters. The van der Waals surface area contributed by atoms with Gasteiger partial charge in [0, 0.05) is 50.1 Å². The third-order valence-electron chi connectivity index (χ3n) is 4.65. The zero-order valence-corrected chi connectivity index (χ0v) is 15.7. The highest BCUT2D eigenvalue weighted by atomic mass is 16.5. The molecule has 6 heteroatoms. The molecule has 0 spiro atoms. The summed E-state index contributed by atoms with van der Waals surface area (Å²) in [7, 11) is 1.94. The SMILES string of the molecule is Cc1cccnc1CNCc1cn(C)nc1-c1ccc2c(c1)OCCCO2. The van der Waals surface area contributed by atoms with Crippen molar-refractivity contribution in [3.05, 3.63) is 59.5 Å². The molecule has 1 aliphatic heterocycles. The Bertz CT molecular complexity index is 936. The molecule has 140 valence electrons. The predicted octanol–water partition coefficient (Wildman–Crippen LogP) is 3.24. The summed E-state index contributed by atoms with van der Waals surface area (Å²) in [6, 6.07) is 10.1. The van der Waals surface area contributed by atoms with Crippen LogP contribution in [-0.2, 0) is 20.1 Å². The minimum Gasteiger partial charge on any atom is -0.490 e. The van der Waals surface area contributed by atoms with Crippen molar-refractivity contribution in [1.82, 2.24) is 20.1 Å². The predicted molar refractivity (Wildman–Crippen MR) is 104 cm³/mol. The van der Waals surface area contributed by atoms with Crippen LogP contribution in [0.15, 0.2) is 42.7 Å². The van der Waals surface area contributed by atoms with Gasteiger partial charge in [-0.25, -0.2) is 0 Å². The number of nitrogens with zero attached hydrogens (tertiary/aromatic N) is 3. The van der Waals surface area contributed by atoms with E-state index in [4.69, 9.17) is 9.47 Å². The van der Waals surface area contributed by atoms with Crippen LogP contribution >= 0.6 is 0 Å². The van der Waals surface area contributed by atoms with Crippen LogP contribution in [0.4, 0.5) is 0 Å². The highest BCUT2D eigenvalue weighted by molar-refractivity contribution is 5.66. The van der Waals surface area contributed by atoms with E-state index in [1.807, 2.05) is 42.2 Å². The van der Waals surface area contributed by atoms with Crippen LogP contribution < -0.4 is 14.8 Å². The summed E-state index contributed by atoms with van der Waals surface area (Å²) in [6.45, 7) is 4.89. The van der Waals surface area contributed by atoms with Crippen molar-refractivity contribution in [3.8, 4) is 22.8 Å². The molecule has 2 aromatic heterocycles. The van der Waals surface area contributed by atoms with Crippen LogP contribution in [0, 0.1) is 6.92 Å². The van der Waals surface area contributed by atoms with Gasteiger partial charge in [0.05, 0.1) is 24.6 Å². The maximum atomic E-state index is 5.83. The van der Waals surface area contributed by atoms with E-state index in [1.165, 1.54) is 5.56 Å². The number of benzene rings is 1. The monoisotopic (exact) mass is 364 g/mol. The van der Waals surface area contributed by atoms with Gasteiger partial charge in [-0.3, -0.25) is 9.67 Å². The Morgan fingerprint density at radius 1 is 1.11 bits per heavy atom. The van der Waals surface area contributed by atoms with Gasteiger partial charge in [-0.05, 0) is 36.8 Å². The zero-order chi connectivity index (χ0) is 18.6. The van der Waals surface area contributed by atoms with Crippen LogP contribution in [0.25, 0.3) is 11.3 Å². The fraction of sp³-hybridized carbons (Fsp3) is 0.333. The van der Waals surface area contributed by atoms with Crippen molar-refractivity contribution >= 4 is 0 Å². The molecule has 27 heavy (non-hydrogen) atoms. The Kier molecular flexibility index (Phi) is 5.07. The topological polar surface area (TPSA) is 61.2 Å². The maximum absolute atomic E-state index is 5.83. The van der Waals surface area contributed by atoms with Crippen LogP contribution in [0.5, 0.6) is 11.5 Å². The molecule has 1 aliphatic rings. The lowest BCUT2D eigenvalue weighted by atomic mass is 10.1. The van der Waals surface area contributed by atoms with E-state index >= 15 is 0 Å². The first-order chi connectivity index (χ1) is 13.2. The fourth-order valence-corrected chi connectivity index (χ4v) is 3.24.